The van der Waals surface area contributed by atoms with Crippen LogP contribution in [0, 0.1) is 17.8 Å². The highest BCUT2D eigenvalue weighted by Crippen LogP contribution is 2.57. The molecule has 2 aromatic rings. The van der Waals surface area contributed by atoms with Crippen LogP contribution in [-0.4, -0.2) is 12.0 Å². The average molecular weight is 252 g/mol. The predicted octanol–water partition coefficient (Wildman–Crippen LogP) is 3.54. The molecule has 1 N–H and O–H groups in total. The number of hydrogen-bond acceptors (Lipinski definition) is 2. The Bertz CT molecular complexity index is 597. The van der Waals surface area contributed by atoms with Crippen LogP contribution in [0.2, 0.25) is 0 Å². The van der Waals surface area contributed by atoms with Crippen molar-refractivity contribution in [2.24, 2.45) is 17.8 Å². The molecule has 98 valence electrons. The number of hydrogen-bond donors (Lipinski definition) is 1. The Labute approximate surface area is 114 Å². The molecular formula is C17H20N2. The van der Waals surface area contributed by atoms with Crippen LogP contribution >= 0.6 is 0 Å². The summed E-state index contributed by atoms with van der Waals surface area (Å²) in [6.45, 7) is 0. The van der Waals surface area contributed by atoms with Crippen molar-refractivity contribution in [3.63, 3.8) is 0 Å². The maximum Gasteiger partial charge on any atom is 0.0702 e. The SMILES string of the molecule is CNC(c1ccc2ncccc2c1)C1CC2CC2C1. The van der Waals surface area contributed by atoms with Crippen molar-refractivity contribution < 1.29 is 0 Å². The lowest BCUT2D eigenvalue weighted by Gasteiger charge is -2.25. The lowest BCUT2D eigenvalue weighted by molar-refractivity contribution is 0.360. The standard InChI is InChI=1S/C17H20N2/c1-18-17(15-9-13-8-14(13)10-15)12-4-5-16-11(7-12)3-2-6-19-16/h2-7,13-15,17-18H,8-10H2,1H3. The van der Waals surface area contributed by atoms with Crippen LogP contribution in [0.15, 0.2) is 36.5 Å². The molecule has 0 amide bonds. The van der Waals surface area contributed by atoms with Gasteiger partial charge in [-0.15, -0.1) is 0 Å². The summed E-state index contributed by atoms with van der Waals surface area (Å²) >= 11 is 0. The lowest BCUT2D eigenvalue weighted by atomic mass is 9.88. The molecule has 0 aliphatic heterocycles. The van der Waals surface area contributed by atoms with Crippen molar-refractivity contribution in [2.45, 2.75) is 25.3 Å². The van der Waals surface area contributed by atoms with E-state index in [1.165, 1.54) is 30.2 Å². The normalized spacial score (nSPS) is 30.3. The summed E-state index contributed by atoms with van der Waals surface area (Å²) < 4.78 is 0. The highest BCUT2D eigenvalue weighted by Gasteiger charge is 2.47. The van der Waals surface area contributed by atoms with Crippen LogP contribution < -0.4 is 5.32 Å². The molecular weight excluding hydrogens is 232 g/mol. The first-order chi connectivity index (χ1) is 9.35. The number of nitrogens with zero attached hydrogens (tertiary/aromatic N) is 1. The monoisotopic (exact) mass is 252 g/mol. The summed E-state index contributed by atoms with van der Waals surface area (Å²) in [5.74, 6) is 2.91. The zero-order valence-corrected chi connectivity index (χ0v) is 11.3. The van der Waals surface area contributed by atoms with Crippen LogP contribution in [-0.2, 0) is 0 Å². The van der Waals surface area contributed by atoms with Gasteiger partial charge in [0.15, 0.2) is 0 Å². The van der Waals surface area contributed by atoms with Gasteiger partial charge in [-0.1, -0.05) is 12.1 Å². The van der Waals surface area contributed by atoms with Gasteiger partial charge in [0, 0.05) is 17.6 Å². The molecule has 2 aliphatic carbocycles. The minimum atomic E-state index is 0.511. The van der Waals surface area contributed by atoms with E-state index in [2.05, 4.69) is 41.6 Å². The van der Waals surface area contributed by atoms with E-state index in [0.29, 0.717) is 6.04 Å². The van der Waals surface area contributed by atoms with Gasteiger partial charge in [0.1, 0.15) is 0 Å². The highest BCUT2D eigenvalue weighted by molar-refractivity contribution is 5.79. The van der Waals surface area contributed by atoms with E-state index >= 15 is 0 Å². The fraction of sp³-hybridized carbons (Fsp3) is 0.471. The van der Waals surface area contributed by atoms with Gasteiger partial charge in [-0.25, -0.2) is 0 Å². The molecule has 3 unspecified atom stereocenters. The van der Waals surface area contributed by atoms with Crippen LogP contribution in [0.3, 0.4) is 0 Å². The second-order valence-electron chi connectivity index (χ2n) is 6.21. The minimum absolute atomic E-state index is 0.511. The summed E-state index contributed by atoms with van der Waals surface area (Å²) in [5, 5.41) is 4.80. The molecule has 19 heavy (non-hydrogen) atoms. The fourth-order valence-electron chi connectivity index (χ4n) is 4.00. The van der Waals surface area contributed by atoms with Crippen molar-refractivity contribution >= 4 is 10.9 Å². The number of aromatic nitrogens is 1. The molecule has 2 fully saturated rings. The van der Waals surface area contributed by atoms with E-state index in [0.717, 1.165) is 23.3 Å². The zero-order valence-electron chi connectivity index (χ0n) is 11.3. The molecule has 0 bridgehead atoms. The van der Waals surface area contributed by atoms with Crippen LogP contribution in [0.25, 0.3) is 10.9 Å². The highest BCUT2D eigenvalue weighted by atomic mass is 14.9. The smallest absolute Gasteiger partial charge is 0.0702 e. The molecule has 2 aliphatic rings. The Kier molecular flexibility index (Phi) is 2.59. The van der Waals surface area contributed by atoms with Crippen molar-refractivity contribution in [3.8, 4) is 0 Å². The lowest BCUT2D eigenvalue weighted by Crippen LogP contribution is -2.24. The Morgan fingerprint density at radius 1 is 1.16 bits per heavy atom. The molecule has 2 nitrogen and oxygen atoms in total. The third kappa shape index (κ3) is 1.95. The largest absolute Gasteiger partial charge is 0.313 e. The second-order valence-corrected chi connectivity index (χ2v) is 6.21. The fourth-order valence-corrected chi connectivity index (χ4v) is 4.00. The number of rotatable bonds is 3. The third-order valence-corrected chi connectivity index (χ3v) is 5.05. The molecule has 0 spiro atoms. The molecule has 1 aromatic heterocycles. The molecule has 3 atom stereocenters. The molecule has 0 saturated heterocycles. The minimum Gasteiger partial charge on any atom is -0.313 e. The van der Waals surface area contributed by atoms with Crippen molar-refractivity contribution in [1.29, 1.82) is 0 Å². The van der Waals surface area contributed by atoms with Crippen LogP contribution in [0.1, 0.15) is 30.9 Å². The van der Waals surface area contributed by atoms with Gasteiger partial charge in [-0.3, -0.25) is 4.98 Å². The third-order valence-electron chi connectivity index (χ3n) is 5.05. The predicted molar refractivity (Wildman–Crippen MR) is 77.9 cm³/mol. The van der Waals surface area contributed by atoms with E-state index in [9.17, 15) is 0 Å². The van der Waals surface area contributed by atoms with Gasteiger partial charge in [-0.2, -0.15) is 0 Å². The number of nitrogens with one attached hydrogen (secondary N) is 1. The number of pyridine rings is 1. The second kappa shape index (κ2) is 4.31. The van der Waals surface area contributed by atoms with E-state index in [4.69, 9.17) is 0 Å². The maximum absolute atomic E-state index is 4.40. The first-order valence-electron chi connectivity index (χ1n) is 7.37. The number of benzene rings is 1. The first-order valence-corrected chi connectivity index (χ1v) is 7.37. The summed E-state index contributed by atoms with van der Waals surface area (Å²) in [7, 11) is 2.10. The van der Waals surface area contributed by atoms with Gasteiger partial charge in [0.05, 0.1) is 5.52 Å². The summed E-state index contributed by atoms with van der Waals surface area (Å²) in [5.41, 5.74) is 2.52. The Morgan fingerprint density at radius 2 is 2.00 bits per heavy atom. The average Bonchev–Trinajstić information content (AvgIpc) is 3.06. The molecule has 1 aromatic carbocycles. The molecule has 4 rings (SSSR count). The molecule has 0 radical (unpaired) electrons. The Balaban J connectivity index is 1.67. The zero-order chi connectivity index (χ0) is 12.8. The van der Waals surface area contributed by atoms with Crippen LogP contribution in [0.4, 0.5) is 0 Å². The quantitative estimate of drug-likeness (QED) is 0.903. The van der Waals surface area contributed by atoms with E-state index in [-0.39, 0.29) is 0 Å². The summed E-state index contributed by atoms with van der Waals surface area (Å²) in [4.78, 5) is 4.40. The van der Waals surface area contributed by atoms with E-state index < -0.39 is 0 Å². The molecule has 2 saturated carbocycles. The van der Waals surface area contributed by atoms with Crippen LogP contribution in [0.5, 0.6) is 0 Å². The molecule has 1 heterocycles. The van der Waals surface area contributed by atoms with E-state index in [1.54, 1.807) is 0 Å². The topological polar surface area (TPSA) is 24.9 Å². The first kappa shape index (κ1) is 11.4. The maximum atomic E-state index is 4.40. The van der Waals surface area contributed by atoms with E-state index in [1.807, 2.05) is 12.3 Å². The Morgan fingerprint density at radius 3 is 2.79 bits per heavy atom. The van der Waals surface area contributed by atoms with Crippen molar-refractivity contribution in [1.82, 2.24) is 10.3 Å². The number of fused-ring (bicyclic) bond motifs is 2. The van der Waals surface area contributed by atoms with Gasteiger partial charge in [0.2, 0.25) is 0 Å². The summed E-state index contributed by atoms with van der Waals surface area (Å²) in [6, 6.07) is 11.4. The Hall–Kier alpha value is -1.41. The molecule has 2 heteroatoms. The van der Waals surface area contributed by atoms with Gasteiger partial charge >= 0.3 is 0 Å². The van der Waals surface area contributed by atoms with Crippen molar-refractivity contribution in [3.05, 3.63) is 42.1 Å². The van der Waals surface area contributed by atoms with Gasteiger partial charge in [0.25, 0.3) is 0 Å². The van der Waals surface area contributed by atoms with Crippen molar-refractivity contribution in [2.75, 3.05) is 7.05 Å². The van der Waals surface area contributed by atoms with Gasteiger partial charge < -0.3 is 5.32 Å². The summed E-state index contributed by atoms with van der Waals surface area (Å²) in [6.07, 6.45) is 6.19. The van der Waals surface area contributed by atoms with Gasteiger partial charge in [-0.05, 0) is 67.8 Å².